The van der Waals surface area contributed by atoms with Crippen LogP contribution in [-0.4, -0.2) is 47.2 Å². The Labute approximate surface area is 95.4 Å². The van der Waals surface area contributed by atoms with Crippen molar-refractivity contribution in [1.29, 1.82) is 0 Å². The van der Waals surface area contributed by atoms with Gasteiger partial charge in [0, 0.05) is 19.0 Å². The second kappa shape index (κ2) is 4.82. The Kier molecular flexibility index (Phi) is 3.91. The van der Waals surface area contributed by atoms with Crippen molar-refractivity contribution >= 4 is 11.9 Å². The van der Waals surface area contributed by atoms with E-state index in [0.717, 1.165) is 0 Å². The highest BCUT2D eigenvalue weighted by Gasteiger charge is 2.37. The van der Waals surface area contributed by atoms with Crippen molar-refractivity contribution in [3.63, 3.8) is 0 Å². The SMILES string of the molecule is CCOC(=O)C(=O)N1CCC(C(C)(C)O)C1. The predicted molar refractivity (Wildman–Crippen MR) is 57.6 cm³/mol. The molecule has 0 bridgehead atoms. The molecule has 0 aromatic carbocycles. The van der Waals surface area contributed by atoms with Crippen LogP contribution in [0, 0.1) is 5.92 Å². The number of likely N-dealkylation sites (tertiary alicyclic amines) is 1. The van der Waals surface area contributed by atoms with E-state index in [1.54, 1.807) is 20.8 Å². The third kappa shape index (κ3) is 2.95. The van der Waals surface area contributed by atoms with Crippen molar-refractivity contribution < 1.29 is 19.4 Å². The number of hydrogen-bond acceptors (Lipinski definition) is 4. The number of carbonyl (C=O) groups is 2. The lowest BCUT2D eigenvalue weighted by atomic mass is 9.90. The molecule has 0 saturated carbocycles. The molecular weight excluding hydrogens is 210 g/mol. The van der Waals surface area contributed by atoms with E-state index in [9.17, 15) is 14.7 Å². The van der Waals surface area contributed by atoms with Gasteiger partial charge in [0.15, 0.2) is 0 Å². The zero-order chi connectivity index (χ0) is 12.3. The molecule has 5 heteroatoms. The quantitative estimate of drug-likeness (QED) is 0.541. The maximum Gasteiger partial charge on any atom is 0.397 e. The zero-order valence-electron chi connectivity index (χ0n) is 10.0. The smallest absolute Gasteiger partial charge is 0.397 e. The molecular formula is C11H19NO4. The topological polar surface area (TPSA) is 66.8 Å². The first kappa shape index (κ1) is 13.0. The summed E-state index contributed by atoms with van der Waals surface area (Å²) >= 11 is 0. The number of ether oxygens (including phenoxy) is 1. The lowest BCUT2D eigenvalue weighted by Crippen LogP contribution is -2.38. The van der Waals surface area contributed by atoms with Crippen LogP contribution < -0.4 is 0 Å². The van der Waals surface area contributed by atoms with Gasteiger partial charge in [-0.15, -0.1) is 0 Å². The summed E-state index contributed by atoms with van der Waals surface area (Å²) in [5, 5.41) is 9.80. The van der Waals surface area contributed by atoms with E-state index in [0.29, 0.717) is 19.5 Å². The van der Waals surface area contributed by atoms with E-state index in [1.165, 1.54) is 4.90 Å². The molecule has 1 saturated heterocycles. The lowest BCUT2D eigenvalue weighted by molar-refractivity contribution is -0.159. The highest BCUT2D eigenvalue weighted by molar-refractivity contribution is 6.32. The molecule has 92 valence electrons. The van der Waals surface area contributed by atoms with Gasteiger partial charge in [0.2, 0.25) is 0 Å². The third-order valence-corrected chi connectivity index (χ3v) is 2.92. The average Bonchev–Trinajstić information content (AvgIpc) is 2.65. The van der Waals surface area contributed by atoms with E-state index in [1.807, 2.05) is 0 Å². The fourth-order valence-corrected chi connectivity index (χ4v) is 1.84. The summed E-state index contributed by atoms with van der Waals surface area (Å²) < 4.78 is 4.64. The molecule has 1 amide bonds. The van der Waals surface area contributed by atoms with Crippen molar-refractivity contribution in [2.24, 2.45) is 5.92 Å². The molecule has 0 radical (unpaired) electrons. The molecule has 5 nitrogen and oxygen atoms in total. The van der Waals surface area contributed by atoms with Gasteiger partial charge in [0.25, 0.3) is 0 Å². The fraction of sp³-hybridized carbons (Fsp3) is 0.818. The van der Waals surface area contributed by atoms with Crippen LogP contribution in [0.25, 0.3) is 0 Å². The van der Waals surface area contributed by atoms with Crippen LogP contribution in [0.5, 0.6) is 0 Å². The Morgan fingerprint density at radius 1 is 1.50 bits per heavy atom. The predicted octanol–water partition coefficient (Wildman–Crippen LogP) is 0.169. The number of amides is 1. The van der Waals surface area contributed by atoms with Crippen molar-refractivity contribution in [2.75, 3.05) is 19.7 Å². The molecule has 16 heavy (non-hydrogen) atoms. The van der Waals surface area contributed by atoms with Crippen molar-refractivity contribution in [1.82, 2.24) is 4.90 Å². The van der Waals surface area contributed by atoms with E-state index in [2.05, 4.69) is 4.74 Å². The van der Waals surface area contributed by atoms with E-state index >= 15 is 0 Å². The van der Waals surface area contributed by atoms with Crippen LogP contribution in [0.4, 0.5) is 0 Å². The van der Waals surface area contributed by atoms with Gasteiger partial charge >= 0.3 is 11.9 Å². The number of hydrogen-bond donors (Lipinski definition) is 1. The van der Waals surface area contributed by atoms with Gasteiger partial charge < -0.3 is 14.7 Å². The van der Waals surface area contributed by atoms with Gasteiger partial charge in [-0.1, -0.05) is 0 Å². The van der Waals surface area contributed by atoms with Gasteiger partial charge in [-0.25, -0.2) is 4.79 Å². The minimum atomic E-state index is -0.816. The van der Waals surface area contributed by atoms with Crippen molar-refractivity contribution in [3.8, 4) is 0 Å². The minimum absolute atomic E-state index is 0.0193. The van der Waals surface area contributed by atoms with E-state index < -0.39 is 17.5 Å². The maximum atomic E-state index is 11.6. The standard InChI is InChI=1S/C11H19NO4/c1-4-16-10(14)9(13)12-6-5-8(7-12)11(2,3)15/h8,15H,4-7H2,1-3H3. The second-order valence-electron chi connectivity index (χ2n) is 4.61. The first-order valence-corrected chi connectivity index (χ1v) is 5.54. The number of aliphatic hydroxyl groups is 1. The van der Waals surface area contributed by atoms with Gasteiger partial charge in [0.05, 0.1) is 12.2 Å². The third-order valence-electron chi connectivity index (χ3n) is 2.92. The van der Waals surface area contributed by atoms with Crippen molar-refractivity contribution in [3.05, 3.63) is 0 Å². The molecule has 0 aromatic rings. The monoisotopic (exact) mass is 229 g/mol. The number of nitrogens with zero attached hydrogens (tertiary/aromatic N) is 1. The molecule has 0 aromatic heterocycles. The highest BCUT2D eigenvalue weighted by atomic mass is 16.5. The normalized spacial score (nSPS) is 21.0. The Morgan fingerprint density at radius 3 is 2.56 bits per heavy atom. The van der Waals surface area contributed by atoms with Crippen LogP contribution >= 0.6 is 0 Å². The zero-order valence-corrected chi connectivity index (χ0v) is 10.0. The Morgan fingerprint density at radius 2 is 2.12 bits per heavy atom. The minimum Gasteiger partial charge on any atom is -0.459 e. The van der Waals surface area contributed by atoms with Gasteiger partial charge in [-0.05, 0) is 27.2 Å². The Bertz CT molecular complexity index is 282. The molecule has 1 aliphatic heterocycles. The summed E-state index contributed by atoms with van der Waals surface area (Å²) in [5.74, 6) is -1.39. The van der Waals surface area contributed by atoms with Crippen LogP contribution in [-0.2, 0) is 14.3 Å². The molecule has 1 aliphatic rings. The largest absolute Gasteiger partial charge is 0.459 e. The molecule has 1 fully saturated rings. The summed E-state index contributed by atoms with van der Waals surface area (Å²) in [7, 11) is 0. The molecule has 1 N–H and O–H groups in total. The summed E-state index contributed by atoms with van der Waals surface area (Å²) in [6.07, 6.45) is 0.717. The summed E-state index contributed by atoms with van der Waals surface area (Å²) in [4.78, 5) is 24.2. The van der Waals surface area contributed by atoms with Crippen molar-refractivity contribution in [2.45, 2.75) is 32.8 Å². The van der Waals surface area contributed by atoms with Gasteiger partial charge in [0.1, 0.15) is 0 Å². The molecule has 0 aliphatic carbocycles. The van der Waals surface area contributed by atoms with Crippen LogP contribution in [0.3, 0.4) is 0 Å². The first-order chi connectivity index (χ1) is 7.36. The molecule has 1 atom stereocenters. The fourth-order valence-electron chi connectivity index (χ4n) is 1.84. The highest BCUT2D eigenvalue weighted by Crippen LogP contribution is 2.26. The average molecular weight is 229 g/mol. The van der Waals surface area contributed by atoms with Gasteiger partial charge in [-0.2, -0.15) is 0 Å². The van der Waals surface area contributed by atoms with Crippen LogP contribution in [0.1, 0.15) is 27.2 Å². The van der Waals surface area contributed by atoms with Crippen LogP contribution in [0.15, 0.2) is 0 Å². The van der Waals surface area contributed by atoms with E-state index in [-0.39, 0.29) is 12.5 Å². The lowest BCUT2D eigenvalue weighted by Gasteiger charge is -2.25. The Balaban J connectivity index is 2.53. The van der Waals surface area contributed by atoms with Gasteiger partial charge in [-0.3, -0.25) is 4.79 Å². The van der Waals surface area contributed by atoms with E-state index in [4.69, 9.17) is 0 Å². The first-order valence-electron chi connectivity index (χ1n) is 5.54. The van der Waals surface area contributed by atoms with Crippen LogP contribution in [0.2, 0.25) is 0 Å². The molecule has 1 rings (SSSR count). The maximum absolute atomic E-state index is 11.6. The number of esters is 1. The molecule has 0 spiro atoms. The molecule has 1 heterocycles. The number of carbonyl (C=O) groups excluding carboxylic acids is 2. The molecule has 1 unspecified atom stereocenters. The number of rotatable bonds is 2. The summed E-state index contributed by atoms with van der Waals surface area (Å²) in [6.45, 7) is 6.22. The second-order valence-corrected chi connectivity index (χ2v) is 4.61. The summed E-state index contributed by atoms with van der Waals surface area (Å²) in [6, 6.07) is 0. The Hall–Kier alpha value is -1.10. The summed E-state index contributed by atoms with van der Waals surface area (Å²) in [5.41, 5.74) is -0.816.